The van der Waals surface area contributed by atoms with Crippen molar-refractivity contribution in [3.63, 3.8) is 0 Å². The van der Waals surface area contributed by atoms with Gasteiger partial charge >= 0.3 is 5.97 Å². The van der Waals surface area contributed by atoms with Crippen LogP contribution in [0.1, 0.15) is 63.2 Å². The lowest BCUT2D eigenvalue weighted by atomic mass is 9.79. The molecule has 1 aromatic rings. The van der Waals surface area contributed by atoms with Gasteiger partial charge in [-0.3, -0.25) is 9.59 Å². The van der Waals surface area contributed by atoms with Crippen LogP contribution in [0.2, 0.25) is 0 Å². The van der Waals surface area contributed by atoms with Crippen LogP contribution in [0.4, 0.5) is 0 Å². The van der Waals surface area contributed by atoms with Crippen molar-refractivity contribution >= 4 is 11.9 Å². The molecule has 0 spiro atoms. The Morgan fingerprint density at radius 3 is 2.74 bits per heavy atom. The third-order valence-corrected chi connectivity index (χ3v) is 5.38. The second kappa shape index (κ2) is 6.77. The van der Waals surface area contributed by atoms with E-state index in [0.717, 1.165) is 50.8 Å². The number of likely N-dealkylation sites (tertiary alicyclic amines) is 1. The Hall–Kier alpha value is -1.78. The van der Waals surface area contributed by atoms with Crippen molar-refractivity contribution in [1.29, 1.82) is 0 Å². The topological polar surface area (TPSA) is 59.8 Å². The quantitative estimate of drug-likeness (QED) is 0.780. The molecule has 1 aromatic heterocycles. The first-order chi connectivity index (χ1) is 11.1. The second-order valence-corrected chi connectivity index (χ2v) is 6.90. The lowest BCUT2D eigenvalue weighted by molar-refractivity contribution is -0.144. The molecule has 5 nitrogen and oxygen atoms in total. The summed E-state index contributed by atoms with van der Waals surface area (Å²) in [7, 11) is 1.42. The number of ether oxygens (including phenoxy) is 1. The summed E-state index contributed by atoms with van der Waals surface area (Å²) in [5, 5.41) is 0. The molecule has 0 radical (unpaired) electrons. The Bertz CT molecular complexity index is 545. The Morgan fingerprint density at radius 2 is 2.09 bits per heavy atom. The lowest BCUT2D eigenvalue weighted by Gasteiger charge is -2.31. The molecular formula is C18H25NO4. The number of nitrogens with zero attached hydrogens (tertiary/aromatic N) is 1. The number of hydrogen-bond donors (Lipinski definition) is 0. The van der Waals surface area contributed by atoms with Crippen LogP contribution in [0.5, 0.6) is 0 Å². The fourth-order valence-electron chi connectivity index (χ4n) is 4.18. The molecule has 1 saturated heterocycles. The number of methoxy groups -OCH3 is 1. The van der Waals surface area contributed by atoms with Gasteiger partial charge in [-0.15, -0.1) is 0 Å². The summed E-state index contributed by atoms with van der Waals surface area (Å²) in [5.41, 5.74) is -0.208. The van der Waals surface area contributed by atoms with Crippen molar-refractivity contribution in [3.05, 3.63) is 24.2 Å². The van der Waals surface area contributed by atoms with Crippen LogP contribution in [-0.2, 0) is 14.3 Å². The Balaban J connectivity index is 1.70. The number of carbonyl (C=O) groups excluding carboxylic acids is 2. The van der Waals surface area contributed by atoms with Gasteiger partial charge in [-0.1, -0.05) is 12.8 Å². The minimum absolute atomic E-state index is 0.0501. The monoisotopic (exact) mass is 319 g/mol. The average Bonchev–Trinajstić information content (AvgIpc) is 3.27. The first-order valence-corrected chi connectivity index (χ1v) is 8.53. The molecule has 0 N–H and O–H groups in total. The maximum absolute atomic E-state index is 12.9. The van der Waals surface area contributed by atoms with Crippen LogP contribution in [0.3, 0.4) is 0 Å². The van der Waals surface area contributed by atoms with Crippen molar-refractivity contribution in [1.82, 2.24) is 4.90 Å². The van der Waals surface area contributed by atoms with Gasteiger partial charge < -0.3 is 14.1 Å². The summed E-state index contributed by atoms with van der Waals surface area (Å²) in [5.74, 6) is 0.808. The number of esters is 1. The lowest BCUT2D eigenvalue weighted by Crippen LogP contribution is -2.35. The van der Waals surface area contributed by atoms with Crippen molar-refractivity contribution in [3.8, 4) is 0 Å². The van der Waals surface area contributed by atoms with E-state index in [0.29, 0.717) is 12.8 Å². The summed E-state index contributed by atoms with van der Waals surface area (Å²) >= 11 is 0. The zero-order valence-corrected chi connectivity index (χ0v) is 13.8. The minimum Gasteiger partial charge on any atom is -0.469 e. The molecule has 1 aliphatic carbocycles. The molecule has 1 saturated carbocycles. The molecule has 2 heterocycles. The van der Waals surface area contributed by atoms with Gasteiger partial charge in [0.05, 0.1) is 25.8 Å². The van der Waals surface area contributed by atoms with Gasteiger partial charge in [-0.2, -0.15) is 0 Å². The van der Waals surface area contributed by atoms with E-state index in [1.807, 2.05) is 17.0 Å². The fraction of sp³-hybridized carbons (Fsp3) is 0.667. The summed E-state index contributed by atoms with van der Waals surface area (Å²) < 4.78 is 10.4. The molecule has 5 heteroatoms. The van der Waals surface area contributed by atoms with Crippen LogP contribution >= 0.6 is 0 Å². The molecule has 3 rings (SSSR count). The molecule has 2 aliphatic rings. The highest BCUT2D eigenvalue weighted by atomic mass is 16.5. The summed E-state index contributed by atoms with van der Waals surface area (Å²) in [6.07, 6.45) is 8.46. The van der Waals surface area contributed by atoms with Gasteiger partial charge in [0.15, 0.2) is 0 Å². The number of hydrogen-bond acceptors (Lipinski definition) is 4. The van der Waals surface area contributed by atoms with Gasteiger partial charge in [0.1, 0.15) is 5.76 Å². The van der Waals surface area contributed by atoms with E-state index < -0.39 is 0 Å². The maximum Gasteiger partial charge on any atom is 0.306 e. The van der Waals surface area contributed by atoms with Gasteiger partial charge in [0.25, 0.3) is 0 Å². The molecule has 1 atom stereocenters. The summed E-state index contributed by atoms with van der Waals surface area (Å²) in [6, 6.07) is 3.86. The highest BCUT2D eigenvalue weighted by Gasteiger charge is 2.41. The third-order valence-electron chi connectivity index (χ3n) is 5.38. The van der Waals surface area contributed by atoms with E-state index in [4.69, 9.17) is 9.15 Å². The molecule has 0 bridgehead atoms. The standard InChI is InChI=1S/C18H25NO4/c1-22-17(21)13-18(8-2-3-9-18)12-16(20)19-10-4-6-14(19)15-7-5-11-23-15/h5,7,11,14H,2-4,6,8-10,12-13H2,1H3. The SMILES string of the molecule is COC(=O)CC1(CC(=O)N2CCCC2c2ccco2)CCCC1. The number of amides is 1. The van der Waals surface area contributed by atoms with Crippen molar-refractivity contribution in [2.24, 2.45) is 5.41 Å². The van der Waals surface area contributed by atoms with Crippen LogP contribution in [0.25, 0.3) is 0 Å². The van der Waals surface area contributed by atoms with Crippen LogP contribution in [0, 0.1) is 5.41 Å². The highest BCUT2D eigenvalue weighted by Crippen LogP contribution is 2.45. The molecule has 2 fully saturated rings. The van der Waals surface area contributed by atoms with E-state index in [9.17, 15) is 9.59 Å². The number of rotatable bonds is 5. The predicted octanol–water partition coefficient (Wildman–Crippen LogP) is 3.46. The Kier molecular flexibility index (Phi) is 4.74. The van der Waals surface area contributed by atoms with E-state index in [1.54, 1.807) is 6.26 Å². The van der Waals surface area contributed by atoms with E-state index >= 15 is 0 Å². The zero-order valence-electron chi connectivity index (χ0n) is 13.8. The van der Waals surface area contributed by atoms with Gasteiger partial charge in [0.2, 0.25) is 5.91 Å². The first-order valence-electron chi connectivity index (χ1n) is 8.53. The summed E-state index contributed by atoms with van der Waals surface area (Å²) in [4.78, 5) is 26.6. The zero-order chi connectivity index (χ0) is 16.3. The smallest absolute Gasteiger partial charge is 0.306 e. The van der Waals surface area contributed by atoms with E-state index in [1.165, 1.54) is 7.11 Å². The van der Waals surface area contributed by atoms with Crippen molar-refractivity contribution in [2.75, 3.05) is 13.7 Å². The molecule has 126 valence electrons. The number of carbonyl (C=O) groups is 2. The largest absolute Gasteiger partial charge is 0.469 e. The molecule has 23 heavy (non-hydrogen) atoms. The fourth-order valence-corrected chi connectivity index (χ4v) is 4.18. The van der Waals surface area contributed by atoms with Crippen LogP contribution in [0.15, 0.2) is 22.8 Å². The van der Waals surface area contributed by atoms with Gasteiger partial charge in [0, 0.05) is 13.0 Å². The van der Waals surface area contributed by atoms with Crippen LogP contribution < -0.4 is 0 Å². The van der Waals surface area contributed by atoms with Gasteiger partial charge in [-0.25, -0.2) is 0 Å². The van der Waals surface area contributed by atoms with Crippen LogP contribution in [-0.4, -0.2) is 30.4 Å². The predicted molar refractivity (Wildman–Crippen MR) is 84.5 cm³/mol. The van der Waals surface area contributed by atoms with E-state index in [2.05, 4.69) is 0 Å². The molecule has 0 aromatic carbocycles. The molecule has 1 aliphatic heterocycles. The Morgan fingerprint density at radius 1 is 1.30 bits per heavy atom. The normalized spacial score (nSPS) is 23.2. The third kappa shape index (κ3) is 3.43. The molecule has 1 amide bonds. The van der Waals surface area contributed by atoms with Crippen molar-refractivity contribution in [2.45, 2.75) is 57.4 Å². The average molecular weight is 319 g/mol. The van der Waals surface area contributed by atoms with E-state index in [-0.39, 0.29) is 23.3 Å². The van der Waals surface area contributed by atoms with Gasteiger partial charge in [-0.05, 0) is 43.2 Å². The molecular weight excluding hydrogens is 294 g/mol. The molecule has 1 unspecified atom stereocenters. The number of furan rings is 1. The Labute approximate surface area is 137 Å². The summed E-state index contributed by atoms with van der Waals surface area (Å²) in [6.45, 7) is 0.776. The minimum atomic E-state index is -0.208. The maximum atomic E-state index is 12.9. The highest BCUT2D eigenvalue weighted by molar-refractivity contribution is 5.79. The first kappa shape index (κ1) is 16.1. The second-order valence-electron chi connectivity index (χ2n) is 6.90. The van der Waals surface area contributed by atoms with Crippen molar-refractivity contribution < 1.29 is 18.7 Å².